The molecule has 0 radical (unpaired) electrons. The molecule has 0 aromatic heterocycles. The molecule has 0 saturated heterocycles. The van der Waals surface area contributed by atoms with Crippen molar-refractivity contribution in [2.75, 3.05) is 6.61 Å². The van der Waals surface area contributed by atoms with Crippen LogP contribution in [0.25, 0.3) is 0 Å². The van der Waals surface area contributed by atoms with Gasteiger partial charge in [0.15, 0.2) is 6.61 Å². The Labute approximate surface area is 126 Å². The third-order valence-electron chi connectivity index (χ3n) is 3.62. The number of carbonyl (C=O) groups is 2. The van der Waals surface area contributed by atoms with Crippen LogP contribution < -0.4 is 0 Å². The summed E-state index contributed by atoms with van der Waals surface area (Å²) in [6.07, 6.45) is 4.53. The van der Waals surface area contributed by atoms with Crippen molar-refractivity contribution < 1.29 is 40.8 Å². The van der Waals surface area contributed by atoms with Crippen LogP contribution in [0, 0.1) is 0 Å². The number of ether oxygens (including phenoxy) is 2. The van der Waals surface area contributed by atoms with Crippen LogP contribution in [-0.2, 0) is 29.2 Å². The average molecular weight is 344 g/mol. The van der Waals surface area contributed by atoms with Gasteiger partial charge in [0.1, 0.15) is 5.60 Å². The van der Waals surface area contributed by atoms with Crippen LogP contribution in [0.5, 0.6) is 0 Å². The zero-order chi connectivity index (χ0) is 17.0. The molecule has 1 fully saturated rings. The van der Waals surface area contributed by atoms with E-state index in [1.54, 1.807) is 0 Å². The highest BCUT2D eigenvalue weighted by molar-refractivity contribution is 7.87. The lowest BCUT2D eigenvalue weighted by molar-refractivity contribution is -0.179. The number of rotatable bonds is 6. The summed E-state index contributed by atoms with van der Waals surface area (Å²) in [6, 6.07) is 0. The molecule has 0 atom stereocenters. The molecule has 1 aliphatic rings. The summed E-state index contributed by atoms with van der Waals surface area (Å²) in [5.74, 6) is -3.57. The monoisotopic (exact) mass is 344 g/mol. The second-order valence-corrected chi connectivity index (χ2v) is 6.60. The first kappa shape index (κ1) is 18.8. The highest BCUT2D eigenvalue weighted by atomic mass is 32.2. The quantitative estimate of drug-likeness (QED) is 0.577. The largest absolute Gasteiger partial charge is 0.465 e. The summed E-state index contributed by atoms with van der Waals surface area (Å²) in [5.41, 5.74) is -0.701. The van der Waals surface area contributed by atoms with Gasteiger partial charge < -0.3 is 9.47 Å². The molecule has 1 N–H and O–H groups in total. The molecule has 0 heterocycles. The van der Waals surface area contributed by atoms with E-state index < -0.39 is 39.5 Å². The van der Waals surface area contributed by atoms with Crippen molar-refractivity contribution >= 4 is 22.1 Å². The van der Waals surface area contributed by atoms with E-state index in [0.29, 0.717) is 19.3 Å². The van der Waals surface area contributed by atoms with E-state index in [-0.39, 0.29) is 0 Å². The van der Waals surface area contributed by atoms with Crippen molar-refractivity contribution in [3.63, 3.8) is 0 Å². The fraction of sp³-hybridized carbons (Fsp3) is 0.833. The second kappa shape index (κ2) is 6.86. The minimum Gasteiger partial charge on any atom is -0.457 e. The van der Waals surface area contributed by atoms with Crippen LogP contribution >= 0.6 is 0 Å². The smallest absolute Gasteiger partial charge is 0.457 e. The van der Waals surface area contributed by atoms with Crippen LogP contribution in [0.3, 0.4) is 0 Å². The molecule has 7 nitrogen and oxygen atoms in total. The molecule has 0 bridgehead atoms. The molecule has 1 rings (SSSR count). The number of hydrogen-bond acceptors (Lipinski definition) is 6. The first-order chi connectivity index (χ1) is 10.0. The summed E-state index contributed by atoms with van der Waals surface area (Å²) in [5, 5.41) is -5.12. The van der Waals surface area contributed by atoms with Gasteiger partial charge in [-0.15, -0.1) is 0 Å². The summed E-state index contributed by atoms with van der Waals surface area (Å²) in [6.45, 7) is 0.669. The summed E-state index contributed by atoms with van der Waals surface area (Å²) in [4.78, 5) is 22.5. The Kier molecular flexibility index (Phi) is 5.85. The minimum absolute atomic E-state index is 0.536. The Hall–Kier alpha value is -1.29. The average Bonchev–Trinajstić information content (AvgIpc) is 2.44. The highest BCUT2D eigenvalue weighted by Crippen LogP contribution is 2.34. The van der Waals surface area contributed by atoms with Crippen molar-refractivity contribution in [2.24, 2.45) is 0 Å². The number of halogens is 2. The van der Waals surface area contributed by atoms with Gasteiger partial charge in [0.05, 0.1) is 0 Å². The van der Waals surface area contributed by atoms with Crippen molar-refractivity contribution in [1.29, 1.82) is 0 Å². The van der Waals surface area contributed by atoms with Gasteiger partial charge in [-0.3, -0.25) is 4.55 Å². The molecule has 10 heteroatoms. The third kappa shape index (κ3) is 4.35. The Balaban J connectivity index is 2.57. The molecule has 0 amide bonds. The molecule has 1 aliphatic carbocycles. The predicted octanol–water partition coefficient (Wildman–Crippen LogP) is 1.67. The predicted molar refractivity (Wildman–Crippen MR) is 69.7 cm³/mol. The molecular formula is C12H18F2O7S. The Morgan fingerprint density at radius 1 is 1.23 bits per heavy atom. The lowest BCUT2D eigenvalue weighted by Crippen LogP contribution is -2.41. The lowest BCUT2D eigenvalue weighted by Gasteiger charge is -2.35. The second-order valence-electron chi connectivity index (χ2n) is 5.14. The zero-order valence-corrected chi connectivity index (χ0v) is 12.8. The lowest BCUT2D eigenvalue weighted by atomic mass is 9.83. The normalized spacial score (nSPS) is 18.5. The minimum atomic E-state index is -5.95. The van der Waals surface area contributed by atoms with E-state index in [2.05, 4.69) is 4.74 Å². The molecule has 0 aromatic rings. The maximum atomic E-state index is 12.9. The van der Waals surface area contributed by atoms with Crippen molar-refractivity contribution in [1.82, 2.24) is 0 Å². The Morgan fingerprint density at radius 3 is 2.23 bits per heavy atom. The topological polar surface area (TPSA) is 107 Å². The van der Waals surface area contributed by atoms with E-state index >= 15 is 0 Å². The van der Waals surface area contributed by atoms with E-state index in [1.807, 2.05) is 6.92 Å². The van der Waals surface area contributed by atoms with Crippen molar-refractivity contribution in [3.8, 4) is 0 Å². The van der Waals surface area contributed by atoms with Gasteiger partial charge in [-0.1, -0.05) is 13.3 Å². The maximum absolute atomic E-state index is 12.9. The van der Waals surface area contributed by atoms with Crippen LogP contribution in [0.1, 0.15) is 45.4 Å². The molecule has 1 saturated carbocycles. The van der Waals surface area contributed by atoms with Gasteiger partial charge in [0, 0.05) is 0 Å². The fourth-order valence-electron chi connectivity index (χ4n) is 2.31. The third-order valence-corrected chi connectivity index (χ3v) is 4.44. The van der Waals surface area contributed by atoms with Crippen molar-refractivity contribution in [2.45, 2.75) is 56.3 Å². The molecule has 128 valence electrons. The van der Waals surface area contributed by atoms with E-state index in [0.717, 1.165) is 19.3 Å². The molecule has 0 aromatic carbocycles. The molecular weight excluding hydrogens is 326 g/mol. The molecule has 22 heavy (non-hydrogen) atoms. The summed E-state index contributed by atoms with van der Waals surface area (Å²) < 4.78 is 63.9. The zero-order valence-electron chi connectivity index (χ0n) is 12.0. The molecule has 0 unspecified atom stereocenters. The summed E-state index contributed by atoms with van der Waals surface area (Å²) >= 11 is 0. The first-order valence-corrected chi connectivity index (χ1v) is 8.22. The van der Waals surface area contributed by atoms with E-state index in [9.17, 15) is 26.8 Å². The van der Waals surface area contributed by atoms with Crippen LogP contribution in [0.4, 0.5) is 8.78 Å². The van der Waals surface area contributed by atoms with Crippen LogP contribution in [0.15, 0.2) is 0 Å². The van der Waals surface area contributed by atoms with E-state index in [4.69, 9.17) is 9.29 Å². The van der Waals surface area contributed by atoms with E-state index in [1.165, 1.54) is 0 Å². The van der Waals surface area contributed by atoms with Gasteiger partial charge in [-0.25, -0.2) is 9.59 Å². The Morgan fingerprint density at radius 2 is 1.77 bits per heavy atom. The van der Waals surface area contributed by atoms with Gasteiger partial charge in [0.25, 0.3) is 0 Å². The van der Waals surface area contributed by atoms with Crippen LogP contribution in [-0.4, -0.2) is 42.4 Å². The SMILES string of the molecule is CCC1(OC(=O)COC(=O)C(F)(F)S(=O)(=O)O)CCCCC1. The molecule has 0 spiro atoms. The Bertz CT molecular complexity index is 524. The molecule has 0 aliphatic heterocycles. The number of hydrogen-bond donors (Lipinski definition) is 1. The van der Waals surface area contributed by atoms with Gasteiger partial charge in [-0.05, 0) is 32.1 Å². The van der Waals surface area contributed by atoms with Gasteiger partial charge in [-0.2, -0.15) is 17.2 Å². The highest BCUT2D eigenvalue weighted by Gasteiger charge is 2.54. The first-order valence-electron chi connectivity index (χ1n) is 6.78. The standard InChI is InChI=1S/C12H18F2O7S/c1-2-11(6-4-3-5-7-11)21-9(15)8-20-10(16)12(13,14)22(17,18)19/h2-8H2,1H3,(H,17,18,19). The number of alkyl halides is 2. The fourth-order valence-corrected chi connectivity index (χ4v) is 2.58. The maximum Gasteiger partial charge on any atom is 0.465 e. The number of esters is 2. The van der Waals surface area contributed by atoms with Gasteiger partial charge in [0.2, 0.25) is 0 Å². The van der Waals surface area contributed by atoms with Crippen LogP contribution in [0.2, 0.25) is 0 Å². The van der Waals surface area contributed by atoms with Gasteiger partial charge >= 0.3 is 27.3 Å². The number of carbonyl (C=O) groups excluding carboxylic acids is 2. The summed E-state index contributed by atoms with van der Waals surface area (Å²) in [7, 11) is -5.95. The van der Waals surface area contributed by atoms with Crippen molar-refractivity contribution in [3.05, 3.63) is 0 Å².